The number of likely N-dealkylation sites (tertiary alicyclic amines) is 1. The van der Waals surface area contributed by atoms with Gasteiger partial charge in [-0.1, -0.05) is 17.2 Å². The number of nitrogens with one attached hydrogen (secondary N) is 1. The Balaban J connectivity index is 1.33. The fourth-order valence-corrected chi connectivity index (χ4v) is 3.23. The number of imide groups is 1. The van der Waals surface area contributed by atoms with Crippen LogP contribution in [0.25, 0.3) is 0 Å². The SMILES string of the molecule is O=C(ON1C(=O)c2ccccc2C1=O)C1CCN(C(=O)NC2CC2)CC1. The standard InChI is InChI=1S/C18H19N3O5/c22-15-13-3-1-2-4-14(13)16(23)21(15)26-17(24)11-7-9-20(10-8-11)18(25)19-12-5-6-12/h1-4,11-12H,5-10H2,(H,19,25). The Labute approximate surface area is 150 Å². The van der Waals surface area contributed by atoms with Gasteiger partial charge in [0.1, 0.15) is 0 Å². The van der Waals surface area contributed by atoms with Crippen LogP contribution in [0.15, 0.2) is 24.3 Å². The fourth-order valence-electron chi connectivity index (χ4n) is 3.23. The van der Waals surface area contributed by atoms with Crippen LogP contribution in [0.3, 0.4) is 0 Å². The zero-order chi connectivity index (χ0) is 18.3. The molecule has 1 saturated heterocycles. The second-order valence-corrected chi connectivity index (χ2v) is 6.85. The number of fused-ring (bicyclic) bond motifs is 1. The first-order valence-electron chi connectivity index (χ1n) is 8.79. The van der Waals surface area contributed by atoms with E-state index in [-0.39, 0.29) is 17.2 Å². The summed E-state index contributed by atoms with van der Waals surface area (Å²) in [5.74, 6) is -2.30. The first-order chi connectivity index (χ1) is 12.5. The van der Waals surface area contributed by atoms with E-state index in [1.165, 1.54) is 12.1 Å². The number of rotatable bonds is 3. The van der Waals surface area contributed by atoms with E-state index in [2.05, 4.69) is 5.32 Å². The van der Waals surface area contributed by atoms with Crippen molar-refractivity contribution in [1.82, 2.24) is 15.3 Å². The Morgan fingerprint density at radius 1 is 0.962 bits per heavy atom. The lowest BCUT2D eigenvalue weighted by atomic mass is 9.97. The maximum Gasteiger partial charge on any atom is 0.336 e. The minimum Gasteiger partial charge on any atom is -0.335 e. The summed E-state index contributed by atoms with van der Waals surface area (Å²) < 4.78 is 0. The number of benzene rings is 1. The average Bonchev–Trinajstić information content (AvgIpc) is 3.45. The van der Waals surface area contributed by atoms with Gasteiger partial charge in [-0.25, -0.2) is 9.59 Å². The highest BCUT2D eigenvalue weighted by atomic mass is 16.7. The molecule has 0 aromatic heterocycles. The summed E-state index contributed by atoms with van der Waals surface area (Å²) in [6.07, 6.45) is 2.93. The van der Waals surface area contributed by atoms with Gasteiger partial charge in [0.05, 0.1) is 17.0 Å². The first-order valence-corrected chi connectivity index (χ1v) is 8.79. The third kappa shape index (κ3) is 3.02. The number of hydrogen-bond acceptors (Lipinski definition) is 5. The summed E-state index contributed by atoms with van der Waals surface area (Å²) in [6.45, 7) is 0.890. The predicted molar refractivity (Wildman–Crippen MR) is 88.9 cm³/mol. The van der Waals surface area contributed by atoms with Gasteiger partial charge in [0.15, 0.2) is 0 Å². The highest BCUT2D eigenvalue weighted by Gasteiger charge is 2.40. The van der Waals surface area contributed by atoms with Crippen LogP contribution in [0.5, 0.6) is 0 Å². The van der Waals surface area contributed by atoms with Crippen LogP contribution in [-0.4, -0.2) is 52.9 Å². The van der Waals surface area contributed by atoms with E-state index in [1.807, 2.05) is 0 Å². The topological polar surface area (TPSA) is 96.0 Å². The molecule has 1 aliphatic carbocycles. The van der Waals surface area contributed by atoms with Crippen molar-refractivity contribution in [3.8, 4) is 0 Å². The van der Waals surface area contributed by atoms with Gasteiger partial charge in [-0.15, -0.1) is 0 Å². The molecule has 26 heavy (non-hydrogen) atoms. The van der Waals surface area contributed by atoms with Crippen molar-refractivity contribution in [2.75, 3.05) is 13.1 Å². The van der Waals surface area contributed by atoms with Crippen LogP contribution < -0.4 is 5.32 Å². The Bertz CT molecular complexity index is 746. The lowest BCUT2D eigenvalue weighted by molar-refractivity contribution is -0.175. The van der Waals surface area contributed by atoms with E-state index < -0.39 is 23.7 Å². The maximum atomic E-state index is 12.4. The summed E-state index contributed by atoms with van der Waals surface area (Å²) in [5, 5.41) is 3.46. The molecular formula is C18H19N3O5. The zero-order valence-corrected chi connectivity index (χ0v) is 14.1. The van der Waals surface area contributed by atoms with Crippen LogP contribution in [0.1, 0.15) is 46.4 Å². The fraction of sp³-hybridized carbons (Fsp3) is 0.444. The van der Waals surface area contributed by atoms with Gasteiger partial charge in [0.2, 0.25) is 0 Å². The van der Waals surface area contributed by atoms with Crippen molar-refractivity contribution in [2.45, 2.75) is 31.7 Å². The Hall–Kier alpha value is -2.90. The van der Waals surface area contributed by atoms with Crippen molar-refractivity contribution in [2.24, 2.45) is 5.92 Å². The number of hydroxylamine groups is 2. The maximum absolute atomic E-state index is 12.4. The number of piperidine rings is 1. The molecule has 1 saturated carbocycles. The van der Waals surface area contributed by atoms with Crippen LogP contribution >= 0.6 is 0 Å². The van der Waals surface area contributed by atoms with Crippen LogP contribution in [0.4, 0.5) is 4.79 Å². The molecule has 1 N–H and O–H groups in total. The van der Waals surface area contributed by atoms with Crippen molar-refractivity contribution in [3.63, 3.8) is 0 Å². The molecule has 0 radical (unpaired) electrons. The number of carbonyl (C=O) groups excluding carboxylic acids is 4. The highest BCUT2D eigenvalue weighted by molar-refractivity contribution is 6.20. The van der Waals surface area contributed by atoms with Crippen LogP contribution in [-0.2, 0) is 9.63 Å². The Kier molecular flexibility index (Phi) is 4.10. The second-order valence-electron chi connectivity index (χ2n) is 6.85. The molecule has 136 valence electrons. The Morgan fingerprint density at radius 2 is 1.54 bits per heavy atom. The van der Waals surface area contributed by atoms with Crippen molar-refractivity contribution in [1.29, 1.82) is 0 Å². The van der Waals surface area contributed by atoms with E-state index in [1.54, 1.807) is 17.0 Å². The van der Waals surface area contributed by atoms with Crippen molar-refractivity contribution < 1.29 is 24.0 Å². The van der Waals surface area contributed by atoms with E-state index in [4.69, 9.17) is 4.84 Å². The van der Waals surface area contributed by atoms with E-state index >= 15 is 0 Å². The molecule has 2 aliphatic heterocycles. The van der Waals surface area contributed by atoms with Gasteiger partial charge < -0.3 is 15.1 Å². The third-order valence-corrected chi connectivity index (χ3v) is 4.96. The third-order valence-electron chi connectivity index (χ3n) is 4.96. The molecule has 8 nitrogen and oxygen atoms in total. The van der Waals surface area contributed by atoms with Crippen molar-refractivity contribution >= 4 is 23.8 Å². The summed E-state index contributed by atoms with van der Waals surface area (Å²) in [5.41, 5.74) is 0.466. The monoisotopic (exact) mass is 357 g/mol. The number of amides is 4. The predicted octanol–water partition coefficient (Wildman–Crippen LogP) is 1.32. The smallest absolute Gasteiger partial charge is 0.335 e. The number of urea groups is 1. The molecule has 1 aromatic carbocycles. The largest absolute Gasteiger partial charge is 0.336 e. The summed E-state index contributed by atoms with van der Waals surface area (Å²) >= 11 is 0. The average molecular weight is 357 g/mol. The lowest BCUT2D eigenvalue weighted by Gasteiger charge is -2.31. The molecule has 0 atom stereocenters. The second kappa shape index (κ2) is 6.44. The molecule has 4 amide bonds. The zero-order valence-electron chi connectivity index (χ0n) is 14.1. The summed E-state index contributed by atoms with van der Waals surface area (Å²) in [7, 11) is 0. The molecular weight excluding hydrogens is 338 g/mol. The van der Waals surface area contributed by atoms with Crippen molar-refractivity contribution in [3.05, 3.63) is 35.4 Å². The Morgan fingerprint density at radius 3 is 2.08 bits per heavy atom. The van der Waals surface area contributed by atoms with E-state index in [0.29, 0.717) is 37.0 Å². The minimum atomic E-state index is -0.625. The molecule has 0 bridgehead atoms. The first kappa shape index (κ1) is 16.6. The minimum absolute atomic E-state index is 0.0975. The molecule has 4 rings (SSSR count). The molecule has 2 fully saturated rings. The quantitative estimate of drug-likeness (QED) is 0.823. The van der Waals surface area contributed by atoms with Gasteiger partial charge in [0.25, 0.3) is 11.8 Å². The van der Waals surface area contributed by atoms with Gasteiger partial charge in [-0.3, -0.25) is 9.59 Å². The van der Waals surface area contributed by atoms with E-state index in [9.17, 15) is 19.2 Å². The summed E-state index contributed by atoms with van der Waals surface area (Å²) in [6, 6.07) is 6.55. The summed E-state index contributed by atoms with van der Waals surface area (Å²) in [4.78, 5) is 55.7. The lowest BCUT2D eigenvalue weighted by Crippen LogP contribution is -2.47. The van der Waals surface area contributed by atoms with Gasteiger partial charge in [0, 0.05) is 19.1 Å². The van der Waals surface area contributed by atoms with Gasteiger partial charge in [-0.2, -0.15) is 0 Å². The number of hydrogen-bond donors (Lipinski definition) is 1. The van der Waals surface area contributed by atoms with Gasteiger partial charge >= 0.3 is 12.0 Å². The molecule has 0 spiro atoms. The van der Waals surface area contributed by atoms with Crippen LogP contribution in [0, 0.1) is 5.92 Å². The van der Waals surface area contributed by atoms with Gasteiger partial charge in [-0.05, 0) is 37.8 Å². The molecule has 3 aliphatic rings. The molecule has 8 heteroatoms. The molecule has 2 heterocycles. The van der Waals surface area contributed by atoms with E-state index in [0.717, 1.165) is 12.8 Å². The highest BCUT2D eigenvalue weighted by Crippen LogP contribution is 2.26. The number of carbonyl (C=O) groups is 4. The normalized spacial score (nSPS) is 20.2. The molecule has 0 unspecified atom stereocenters. The number of nitrogens with zero attached hydrogens (tertiary/aromatic N) is 2. The van der Waals surface area contributed by atoms with Crippen LogP contribution in [0.2, 0.25) is 0 Å². The molecule has 1 aromatic rings.